The van der Waals surface area contributed by atoms with E-state index in [-0.39, 0.29) is 28.6 Å². The summed E-state index contributed by atoms with van der Waals surface area (Å²) in [6, 6.07) is 9.66. The number of nitrogens with one attached hydrogen (secondary N) is 1. The first kappa shape index (κ1) is 18.7. The number of non-ortho nitro benzene ring substituents is 1. The van der Waals surface area contributed by atoms with Gasteiger partial charge in [-0.25, -0.2) is 0 Å². The van der Waals surface area contributed by atoms with Crippen molar-refractivity contribution in [2.24, 2.45) is 0 Å². The molecule has 2 N–H and O–H groups in total. The Morgan fingerprint density at radius 3 is 2.44 bits per heavy atom. The van der Waals surface area contributed by atoms with E-state index in [0.717, 1.165) is 5.56 Å². The van der Waals surface area contributed by atoms with Gasteiger partial charge in [0.05, 0.1) is 21.2 Å². The molecule has 0 aromatic heterocycles. The Morgan fingerprint density at radius 2 is 1.92 bits per heavy atom. The number of carbonyl (C=O) groups is 1. The number of nitrogens with zero attached hydrogens (tertiary/aromatic N) is 2. The maximum atomic E-state index is 12.2. The maximum Gasteiger partial charge on any atom is 0.272 e. The molecule has 7 nitrogen and oxygen atoms in total. The van der Waals surface area contributed by atoms with Crippen LogP contribution in [0.5, 0.6) is 0 Å². The molecule has 0 heterocycles. The highest BCUT2D eigenvalue weighted by Gasteiger charge is 2.21. The van der Waals surface area contributed by atoms with E-state index < -0.39 is 10.8 Å². The highest BCUT2D eigenvalue weighted by atomic mass is 35.5. The summed E-state index contributed by atoms with van der Waals surface area (Å²) in [6.07, 6.45) is 0.541. The third-order valence-electron chi connectivity index (χ3n) is 3.54. The van der Waals surface area contributed by atoms with Crippen molar-refractivity contribution in [2.75, 3.05) is 26.0 Å². The Bertz CT molecular complexity index is 791. The van der Waals surface area contributed by atoms with Crippen molar-refractivity contribution < 1.29 is 14.8 Å². The minimum absolute atomic E-state index is 0.0551. The SMILES string of the molecule is CN(C)C(=O)c1cc([N+](=O)[O-])cc(Nc2ccc(CCO)cc2)c1Cl. The summed E-state index contributed by atoms with van der Waals surface area (Å²) < 4.78 is 0. The first-order chi connectivity index (χ1) is 11.8. The highest BCUT2D eigenvalue weighted by molar-refractivity contribution is 6.36. The lowest BCUT2D eigenvalue weighted by molar-refractivity contribution is -0.384. The smallest absolute Gasteiger partial charge is 0.272 e. The van der Waals surface area contributed by atoms with E-state index in [1.165, 1.54) is 17.0 Å². The number of amides is 1. The van der Waals surface area contributed by atoms with E-state index in [1.807, 2.05) is 12.1 Å². The van der Waals surface area contributed by atoms with Crippen LogP contribution in [-0.2, 0) is 6.42 Å². The van der Waals surface area contributed by atoms with Crippen LogP contribution in [0.25, 0.3) is 0 Å². The van der Waals surface area contributed by atoms with Gasteiger partial charge < -0.3 is 15.3 Å². The van der Waals surface area contributed by atoms with Gasteiger partial charge in [-0.2, -0.15) is 0 Å². The van der Waals surface area contributed by atoms with Crippen molar-refractivity contribution in [3.8, 4) is 0 Å². The van der Waals surface area contributed by atoms with Crippen LogP contribution in [0.15, 0.2) is 36.4 Å². The van der Waals surface area contributed by atoms with Gasteiger partial charge in [-0.1, -0.05) is 23.7 Å². The molecule has 2 aromatic carbocycles. The molecule has 0 aliphatic rings. The number of nitro benzene ring substituents is 1. The van der Waals surface area contributed by atoms with Crippen LogP contribution in [0, 0.1) is 10.1 Å². The van der Waals surface area contributed by atoms with Gasteiger partial charge in [-0.3, -0.25) is 14.9 Å². The van der Waals surface area contributed by atoms with Gasteiger partial charge in [0, 0.05) is 38.5 Å². The molecule has 0 aliphatic carbocycles. The van der Waals surface area contributed by atoms with E-state index in [1.54, 1.807) is 26.2 Å². The van der Waals surface area contributed by atoms with Crippen LogP contribution in [0.3, 0.4) is 0 Å². The van der Waals surface area contributed by atoms with Gasteiger partial charge in [-0.15, -0.1) is 0 Å². The lowest BCUT2D eigenvalue weighted by Gasteiger charge is -2.15. The molecule has 25 heavy (non-hydrogen) atoms. The summed E-state index contributed by atoms with van der Waals surface area (Å²) >= 11 is 6.29. The van der Waals surface area contributed by atoms with Crippen LogP contribution in [0.1, 0.15) is 15.9 Å². The molecular weight excluding hydrogens is 346 g/mol. The summed E-state index contributed by atoms with van der Waals surface area (Å²) in [5.74, 6) is -0.421. The second-order valence-electron chi connectivity index (χ2n) is 5.61. The molecule has 2 rings (SSSR count). The standard InChI is InChI=1S/C17H18ClN3O4/c1-20(2)17(23)14-9-13(21(24)25)10-15(16(14)18)19-12-5-3-11(4-6-12)7-8-22/h3-6,9-10,19,22H,7-8H2,1-2H3. The molecule has 0 aliphatic heterocycles. The third kappa shape index (κ3) is 4.46. The molecule has 1 amide bonds. The van der Waals surface area contributed by atoms with Gasteiger partial charge >= 0.3 is 0 Å². The quantitative estimate of drug-likeness (QED) is 0.606. The number of halogens is 1. The molecule has 0 bridgehead atoms. The molecule has 0 spiro atoms. The Kier molecular flexibility index (Phi) is 5.95. The van der Waals surface area contributed by atoms with Crippen molar-refractivity contribution in [1.82, 2.24) is 4.90 Å². The van der Waals surface area contributed by atoms with E-state index in [0.29, 0.717) is 12.1 Å². The van der Waals surface area contributed by atoms with E-state index in [2.05, 4.69) is 5.32 Å². The molecule has 8 heteroatoms. The lowest BCUT2D eigenvalue weighted by atomic mass is 10.1. The van der Waals surface area contributed by atoms with Gasteiger partial charge in [0.15, 0.2) is 0 Å². The van der Waals surface area contributed by atoms with Crippen molar-refractivity contribution in [3.05, 3.63) is 62.7 Å². The number of nitro groups is 1. The van der Waals surface area contributed by atoms with E-state index in [4.69, 9.17) is 16.7 Å². The number of rotatable bonds is 6. The predicted molar refractivity (Wildman–Crippen MR) is 96.6 cm³/mol. The number of benzene rings is 2. The second-order valence-corrected chi connectivity index (χ2v) is 5.99. The fourth-order valence-electron chi connectivity index (χ4n) is 2.24. The van der Waals surface area contributed by atoms with Crippen molar-refractivity contribution in [1.29, 1.82) is 0 Å². The van der Waals surface area contributed by atoms with Gasteiger partial charge in [0.25, 0.3) is 11.6 Å². The van der Waals surface area contributed by atoms with Crippen molar-refractivity contribution >= 4 is 34.6 Å². The Hall–Kier alpha value is -2.64. The lowest BCUT2D eigenvalue weighted by Crippen LogP contribution is -2.22. The van der Waals surface area contributed by atoms with Crippen molar-refractivity contribution in [2.45, 2.75) is 6.42 Å². The van der Waals surface area contributed by atoms with Crippen LogP contribution in [0.2, 0.25) is 5.02 Å². The Labute approximate surface area is 150 Å². The zero-order chi connectivity index (χ0) is 18.6. The number of anilines is 2. The maximum absolute atomic E-state index is 12.2. The van der Waals surface area contributed by atoms with Gasteiger partial charge in [-0.05, 0) is 24.1 Å². The first-order valence-electron chi connectivity index (χ1n) is 7.50. The molecule has 0 unspecified atom stereocenters. The topological polar surface area (TPSA) is 95.7 Å². The number of aliphatic hydroxyl groups excluding tert-OH is 1. The summed E-state index contributed by atoms with van der Waals surface area (Å²) in [5, 5.41) is 23.2. The summed E-state index contributed by atoms with van der Waals surface area (Å²) in [6.45, 7) is 0.0551. The Balaban J connectivity index is 2.42. The monoisotopic (exact) mass is 363 g/mol. The number of hydrogen-bond acceptors (Lipinski definition) is 5. The largest absolute Gasteiger partial charge is 0.396 e. The number of aliphatic hydroxyl groups is 1. The van der Waals surface area contributed by atoms with E-state index in [9.17, 15) is 14.9 Å². The molecule has 0 saturated carbocycles. The molecular formula is C17H18ClN3O4. The fourth-order valence-corrected chi connectivity index (χ4v) is 2.48. The summed E-state index contributed by atoms with van der Waals surface area (Å²) in [4.78, 5) is 24.1. The average molecular weight is 364 g/mol. The average Bonchev–Trinajstić information content (AvgIpc) is 2.57. The van der Waals surface area contributed by atoms with E-state index >= 15 is 0 Å². The zero-order valence-corrected chi connectivity index (χ0v) is 14.6. The van der Waals surface area contributed by atoms with Gasteiger partial charge in [0.1, 0.15) is 0 Å². The number of carbonyl (C=O) groups excluding carboxylic acids is 1. The van der Waals surface area contributed by atoms with Gasteiger partial charge in [0.2, 0.25) is 0 Å². The highest BCUT2D eigenvalue weighted by Crippen LogP contribution is 2.34. The van der Waals surface area contributed by atoms with Crippen LogP contribution in [0.4, 0.5) is 17.1 Å². The third-order valence-corrected chi connectivity index (χ3v) is 3.95. The summed E-state index contributed by atoms with van der Waals surface area (Å²) in [7, 11) is 3.09. The second kappa shape index (κ2) is 7.96. The van der Waals surface area contributed by atoms with Crippen LogP contribution < -0.4 is 5.32 Å². The van der Waals surface area contributed by atoms with Crippen LogP contribution >= 0.6 is 11.6 Å². The Morgan fingerprint density at radius 1 is 1.28 bits per heavy atom. The molecule has 0 radical (unpaired) electrons. The number of hydrogen-bond donors (Lipinski definition) is 2. The minimum Gasteiger partial charge on any atom is -0.396 e. The first-order valence-corrected chi connectivity index (χ1v) is 7.87. The van der Waals surface area contributed by atoms with Crippen molar-refractivity contribution in [3.63, 3.8) is 0 Å². The molecule has 0 fully saturated rings. The summed E-state index contributed by atoms with van der Waals surface area (Å²) in [5.41, 5.74) is 1.72. The predicted octanol–water partition coefficient (Wildman–Crippen LogP) is 3.23. The fraction of sp³-hybridized carbons (Fsp3) is 0.235. The zero-order valence-electron chi connectivity index (χ0n) is 13.8. The van der Waals surface area contributed by atoms with Crippen LogP contribution in [-0.4, -0.2) is 41.5 Å². The molecule has 2 aromatic rings. The molecule has 0 saturated heterocycles. The molecule has 132 valence electrons. The molecule has 0 atom stereocenters. The minimum atomic E-state index is -0.571. The normalized spacial score (nSPS) is 10.4.